The lowest BCUT2D eigenvalue weighted by Gasteiger charge is -2.17. The van der Waals surface area contributed by atoms with Gasteiger partial charge in [-0.25, -0.2) is 4.98 Å². The number of rotatable bonds is 3. The average molecular weight is 246 g/mol. The first kappa shape index (κ1) is 13.9. The van der Waals surface area contributed by atoms with Crippen molar-refractivity contribution in [2.75, 3.05) is 0 Å². The summed E-state index contributed by atoms with van der Waals surface area (Å²) in [6, 6.07) is 2.11. The summed E-state index contributed by atoms with van der Waals surface area (Å²) in [6.45, 7) is 10.9. The van der Waals surface area contributed by atoms with Crippen LogP contribution in [0.5, 0.6) is 0 Å². The van der Waals surface area contributed by atoms with Gasteiger partial charge < -0.3 is 4.43 Å². The summed E-state index contributed by atoms with van der Waals surface area (Å²) in [6.07, 6.45) is 1.74. The van der Waals surface area contributed by atoms with E-state index in [9.17, 15) is 0 Å². The van der Waals surface area contributed by atoms with E-state index in [0.29, 0.717) is 22.1 Å². The molecule has 0 unspecified atom stereocenters. The van der Waals surface area contributed by atoms with Gasteiger partial charge >= 0.3 is 0 Å². The molecule has 0 bridgehead atoms. The number of pyridine rings is 1. The molecular weight excluding hydrogens is 228 g/mol. The van der Waals surface area contributed by atoms with Crippen LogP contribution in [0.1, 0.15) is 43.2 Å². The quantitative estimate of drug-likeness (QED) is 0.770. The van der Waals surface area contributed by atoms with E-state index in [2.05, 4.69) is 31.8 Å². The largest absolute Gasteiger partial charge is 0.413 e. The Hall–Kier alpha value is -1.18. The lowest BCUT2D eigenvalue weighted by Crippen LogP contribution is -2.13. The van der Waals surface area contributed by atoms with Crippen molar-refractivity contribution in [3.05, 3.63) is 28.6 Å². The zero-order chi connectivity index (χ0) is 13.1. The monoisotopic (exact) mass is 246 g/mol. The Bertz CT molecular complexity index is 444. The summed E-state index contributed by atoms with van der Waals surface area (Å²) in [4.78, 5) is 4.10. The second-order valence-electron chi connectivity index (χ2n) is 5.15. The zero-order valence-corrected chi connectivity index (χ0v) is 12.1. The van der Waals surface area contributed by atoms with Gasteiger partial charge in [-0.05, 0) is 35.6 Å². The molecule has 1 aromatic heterocycles. The number of hydrogen-bond acceptors (Lipinski definition) is 3. The lowest BCUT2D eigenvalue weighted by atomic mass is 10.0. The van der Waals surface area contributed by atoms with Crippen LogP contribution in [0.4, 0.5) is 0 Å². The number of aryl methyl sites for hydroxylation is 1. The Morgan fingerprint density at radius 1 is 1.41 bits per heavy atom. The van der Waals surface area contributed by atoms with E-state index in [0.717, 1.165) is 16.7 Å². The summed E-state index contributed by atoms with van der Waals surface area (Å²) >= 11 is 0. The lowest BCUT2D eigenvalue weighted by molar-refractivity contribution is 0.307. The molecule has 0 aliphatic heterocycles. The number of nitriles is 1. The summed E-state index contributed by atoms with van der Waals surface area (Å²) in [5.74, 6) is 0. The predicted octanol–water partition coefficient (Wildman–Crippen LogP) is 2.92. The van der Waals surface area contributed by atoms with Crippen molar-refractivity contribution in [1.29, 1.82) is 5.26 Å². The molecule has 4 heteroatoms. The van der Waals surface area contributed by atoms with Crippen LogP contribution in [0.25, 0.3) is 0 Å². The Balaban J connectivity index is 2.81. The van der Waals surface area contributed by atoms with Gasteiger partial charge in [-0.1, -0.05) is 20.8 Å². The van der Waals surface area contributed by atoms with Crippen molar-refractivity contribution in [2.24, 2.45) is 0 Å². The molecular formula is C13H18N2OSi. The molecule has 0 fully saturated rings. The average Bonchev–Trinajstić information content (AvgIpc) is 2.21. The van der Waals surface area contributed by atoms with E-state index in [1.165, 1.54) is 0 Å². The van der Waals surface area contributed by atoms with Crippen molar-refractivity contribution in [2.45, 2.75) is 46.3 Å². The molecule has 17 heavy (non-hydrogen) atoms. The maximum atomic E-state index is 8.94. The number of aromatic nitrogens is 1. The first-order valence-electron chi connectivity index (χ1n) is 5.59. The number of hydrogen-bond donors (Lipinski definition) is 0. The highest BCUT2D eigenvalue weighted by Gasteiger charge is 2.15. The third kappa shape index (κ3) is 3.95. The van der Waals surface area contributed by atoms with Crippen LogP contribution < -0.4 is 0 Å². The van der Waals surface area contributed by atoms with Gasteiger partial charge in [0.1, 0.15) is 11.8 Å². The molecule has 2 radical (unpaired) electrons. The van der Waals surface area contributed by atoms with E-state index >= 15 is 0 Å². The Labute approximate surface area is 106 Å². The Morgan fingerprint density at radius 2 is 2.06 bits per heavy atom. The molecule has 90 valence electrons. The van der Waals surface area contributed by atoms with Gasteiger partial charge in [-0.15, -0.1) is 0 Å². The minimum absolute atomic E-state index is 0.187. The van der Waals surface area contributed by atoms with Gasteiger partial charge in [-0.2, -0.15) is 5.26 Å². The van der Waals surface area contributed by atoms with Crippen molar-refractivity contribution in [1.82, 2.24) is 4.98 Å². The fraction of sp³-hybridized carbons (Fsp3) is 0.538. The SMILES string of the molecule is Cc1cnc(C#N)c(C)c1CO[Si]C(C)(C)C. The molecule has 0 atom stereocenters. The fourth-order valence-corrected chi connectivity index (χ4v) is 2.08. The fourth-order valence-electron chi connectivity index (χ4n) is 1.43. The second-order valence-corrected chi connectivity index (χ2v) is 7.14. The highest BCUT2D eigenvalue weighted by atomic mass is 28.2. The third-order valence-corrected chi connectivity index (χ3v) is 3.27. The third-order valence-electron chi connectivity index (χ3n) is 2.37. The summed E-state index contributed by atoms with van der Waals surface area (Å²) in [7, 11) is 0.454. The molecule has 0 spiro atoms. The topological polar surface area (TPSA) is 45.9 Å². The molecule has 0 amide bonds. The molecule has 3 nitrogen and oxygen atoms in total. The molecule has 0 saturated carbocycles. The van der Waals surface area contributed by atoms with Gasteiger partial charge in [-0.3, -0.25) is 0 Å². The highest BCUT2D eigenvalue weighted by Crippen LogP contribution is 2.22. The van der Waals surface area contributed by atoms with Crippen LogP contribution in [0.3, 0.4) is 0 Å². The normalized spacial score (nSPS) is 11.3. The summed E-state index contributed by atoms with van der Waals surface area (Å²) in [5, 5.41) is 9.12. The van der Waals surface area contributed by atoms with Crippen molar-refractivity contribution in [3.63, 3.8) is 0 Å². The van der Waals surface area contributed by atoms with E-state index in [4.69, 9.17) is 9.69 Å². The molecule has 1 rings (SSSR count). The van der Waals surface area contributed by atoms with Gasteiger partial charge in [0.25, 0.3) is 0 Å². The minimum Gasteiger partial charge on any atom is -0.413 e. The Kier molecular flexibility index (Phi) is 4.44. The van der Waals surface area contributed by atoms with Gasteiger partial charge in [0.15, 0.2) is 0 Å². The highest BCUT2D eigenvalue weighted by molar-refractivity contribution is 6.31. The van der Waals surface area contributed by atoms with Crippen LogP contribution in [-0.4, -0.2) is 14.7 Å². The smallest absolute Gasteiger partial charge is 0.236 e. The van der Waals surface area contributed by atoms with Crippen LogP contribution >= 0.6 is 0 Å². The van der Waals surface area contributed by atoms with Crippen LogP contribution in [0.15, 0.2) is 6.20 Å². The molecule has 1 heterocycles. The zero-order valence-electron chi connectivity index (χ0n) is 11.1. The maximum Gasteiger partial charge on any atom is 0.236 e. The van der Waals surface area contributed by atoms with Crippen LogP contribution in [0, 0.1) is 25.2 Å². The standard InChI is InChI=1S/C13H18N2OSi/c1-9-7-15-12(6-14)10(2)11(9)8-16-17-13(3,4)5/h7H,8H2,1-5H3. The van der Waals surface area contributed by atoms with Crippen molar-refractivity contribution in [3.8, 4) is 6.07 Å². The van der Waals surface area contributed by atoms with Crippen LogP contribution in [-0.2, 0) is 11.0 Å². The van der Waals surface area contributed by atoms with Gasteiger partial charge in [0.05, 0.1) is 6.61 Å². The molecule has 0 aliphatic carbocycles. The molecule has 0 saturated heterocycles. The first-order chi connectivity index (χ1) is 7.85. The molecule has 0 aliphatic rings. The minimum atomic E-state index is 0.187. The van der Waals surface area contributed by atoms with Gasteiger partial charge in [0.2, 0.25) is 9.76 Å². The van der Waals surface area contributed by atoms with E-state index in [-0.39, 0.29) is 5.04 Å². The predicted molar refractivity (Wildman–Crippen MR) is 68.7 cm³/mol. The van der Waals surface area contributed by atoms with E-state index in [1.54, 1.807) is 6.20 Å². The Morgan fingerprint density at radius 3 is 2.59 bits per heavy atom. The van der Waals surface area contributed by atoms with E-state index < -0.39 is 0 Å². The van der Waals surface area contributed by atoms with E-state index in [1.807, 2.05) is 13.8 Å². The second kappa shape index (κ2) is 5.43. The summed E-state index contributed by atoms with van der Waals surface area (Å²) < 4.78 is 5.74. The number of nitrogens with zero attached hydrogens (tertiary/aromatic N) is 2. The van der Waals surface area contributed by atoms with Gasteiger partial charge in [0, 0.05) is 6.20 Å². The molecule has 0 N–H and O–H groups in total. The molecule has 0 aromatic carbocycles. The van der Waals surface area contributed by atoms with Crippen molar-refractivity contribution >= 4 is 9.76 Å². The molecule has 1 aromatic rings. The van der Waals surface area contributed by atoms with Crippen molar-refractivity contribution < 1.29 is 4.43 Å². The maximum absolute atomic E-state index is 8.94. The van der Waals surface area contributed by atoms with Crippen LogP contribution in [0.2, 0.25) is 5.04 Å². The first-order valence-corrected chi connectivity index (χ1v) is 6.50. The summed E-state index contributed by atoms with van der Waals surface area (Å²) in [5.41, 5.74) is 3.60.